The molecule has 1 fully saturated rings. The summed E-state index contributed by atoms with van der Waals surface area (Å²) >= 11 is 7.10. The van der Waals surface area contributed by atoms with Crippen LogP contribution in [0.3, 0.4) is 0 Å². The first-order valence-corrected chi connectivity index (χ1v) is 8.53. The van der Waals surface area contributed by atoms with Gasteiger partial charge in [-0.25, -0.2) is 8.78 Å². The molecule has 1 heterocycles. The molecule has 8 heteroatoms. The SMILES string of the molecule is O=C(Nc1nnc(C2CCCCC2)s1)c1cc(F)c(F)cc1Cl. The van der Waals surface area contributed by atoms with E-state index in [1.165, 1.54) is 30.6 Å². The van der Waals surface area contributed by atoms with Gasteiger partial charge in [-0.3, -0.25) is 10.1 Å². The fraction of sp³-hybridized carbons (Fsp3) is 0.400. The molecule has 2 aromatic rings. The third-order valence-electron chi connectivity index (χ3n) is 3.87. The molecule has 0 spiro atoms. The van der Waals surface area contributed by atoms with Gasteiger partial charge in [-0.1, -0.05) is 42.2 Å². The van der Waals surface area contributed by atoms with Crippen LogP contribution in [0.15, 0.2) is 12.1 Å². The van der Waals surface area contributed by atoms with Crippen LogP contribution >= 0.6 is 22.9 Å². The van der Waals surface area contributed by atoms with E-state index in [2.05, 4.69) is 15.5 Å². The number of amides is 1. The summed E-state index contributed by atoms with van der Waals surface area (Å²) in [6, 6.07) is 1.55. The molecule has 1 aliphatic carbocycles. The average Bonchev–Trinajstić information content (AvgIpc) is 3.00. The number of hydrogen-bond donors (Lipinski definition) is 1. The van der Waals surface area contributed by atoms with E-state index in [0.29, 0.717) is 11.0 Å². The second kappa shape index (κ2) is 6.88. The van der Waals surface area contributed by atoms with Gasteiger partial charge in [0.1, 0.15) is 5.01 Å². The van der Waals surface area contributed by atoms with E-state index in [1.54, 1.807) is 0 Å². The van der Waals surface area contributed by atoms with E-state index in [-0.39, 0.29) is 10.6 Å². The molecule has 0 atom stereocenters. The lowest BCUT2D eigenvalue weighted by Crippen LogP contribution is -2.13. The molecule has 0 radical (unpaired) electrons. The molecule has 1 amide bonds. The largest absolute Gasteiger partial charge is 0.296 e. The van der Waals surface area contributed by atoms with E-state index in [4.69, 9.17) is 11.6 Å². The highest BCUT2D eigenvalue weighted by molar-refractivity contribution is 7.15. The Bertz CT molecular complexity index is 732. The summed E-state index contributed by atoms with van der Waals surface area (Å²) < 4.78 is 26.3. The summed E-state index contributed by atoms with van der Waals surface area (Å²) in [5.74, 6) is -2.47. The Balaban J connectivity index is 1.73. The van der Waals surface area contributed by atoms with Gasteiger partial charge in [0.15, 0.2) is 11.6 Å². The van der Waals surface area contributed by atoms with Crippen molar-refractivity contribution in [1.29, 1.82) is 0 Å². The lowest BCUT2D eigenvalue weighted by Gasteiger charge is -2.18. The Hall–Kier alpha value is -1.60. The molecule has 4 nitrogen and oxygen atoms in total. The van der Waals surface area contributed by atoms with E-state index in [0.717, 1.165) is 30.0 Å². The number of anilines is 1. The molecule has 1 saturated carbocycles. The molecule has 0 saturated heterocycles. The van der Waals surface area contributed by atoms with Crippen LogP contribution in [-0.2, 0) is 0 Å². The maximum Gasteiger partial charge on any atom is 0.259 e. The monoisotopic (exact) mass is 357 g/mol. The molecule has 0 bridgehead atoms. The Morgan fingerprint density at radius 1 is 1.17 bits per heavy atom. The number of nitrogens with one attached hydrogen (secondary N) is 1. The van der Waals surface area contributed by atoms with Gasteiger partial charge in [-0.15, -0.1) is 10.2 Å². The third-order valence-corrected chi connectivity index (χ3v) is 5.18. The van der Waals surface area contributed by atoms with E-state index in [1.807, 2.05) is 0 Å². The fourth-order valence-electron chi connectivity index (χ4n) is 2.66. The van der Waals surface area contributed by atoms with Crippen molar-refractivity contribution >= 4 is 34.0 Å². The van der Waals surface area contributed by atoms with Gasteiger partial charge < -0.3 is 0 Å². The zero-order valence-corrected chi connectivity index (χ0v) is 13.7. The molecule has 1 aliphatic rings. The zero-order chi connectivity index (χ0) is 16.4. The van der Waals surface area contributed by atoms with Crippen LogP contribution in [0.4, 0.5) is 13.9 Å². The molecule has 1 aromatic carbocycles. The van der Waals surface area contributed by atoms with Gasteiger partial charge in [0, 0.05) is 5.92 Å². The minimum atomic E-state index is -1.13. The summed E-state index contributed by atoms with van der Waals surface area (Å²) in [6.07, 6.45) is 5.76. The first-order chi connectivity index (χ1) is 11.0. The number of benzene rings is 1. The van der Waals surface area contributed by atoms with Crippen molar-refractivity contribution in [1.82, 2.24) is 10.2 Å². The van der Waals surface area contributed by atoms with E-state index in [9.17, 15) is 13.6 Å². The molecule has 3 rings (SSSR count). The number of carbonyl (C=O) groups excluding carboxylic acids is 1. The minimum Gasteiger partial charge on any atom is -0.296 e. The van der Waals surface area contributed by atoms with Crippen molar-refractivity contribution in [2.24, 2.45) is 0 Å². The van der Waals surface area contributed by atoms with Gasteiger partial charge in [-0.05, 0) is 25.0 Å². The molecule has 122 valence electrons. The quantitative estimate of drug-likeness (QED) is 0.805. The van der Waals surface area contributed by atoms with E-state index < -0.39 is 17.5 Å². The smallest absolute Gasteiger partial charge is 0.259 e. The highest BCUT2D eigenvalue weighted by Crippen LogP contribution is 2.35. The number of hydrogen-bond acceptors (Lipinski definition) is 4. The Morgan fingerprint density at radius 2 is 1.87 bits per heavy atom. The van der Waals surface area contributed by atoms with Crippen molar-refractivity contribution in [3.8, 4) is 0 Å². The van der Waals surface area contributed by atoms with Gasteiger partial charge in [-0.2, -0.15) is 0 Å². The number of rotatable bonds is 3. The molecule has 0 aliphatic heterocycles. The second-order valence-electron chi connectivity index (χ2n) is 5.48. The van der Waals surface area contributed by atoms with Gasteiger partial charge in [0.2, 0.25) is 5.13 Å². The van der Waals surface area contributed by atoms with Crippen LogP contribution in [0.5, 0.6) is 0 Å². The highest BCUT2D eigenvalue weighted by Gasteiger charge is 2.21. The fourth-order valence-corrected chi connectivity index (χ4v) is 3.80. The van der Waals surface area contributed by atoms with Crippen LogP contribution in [-0.4, -0.2) is 16.1 Å². The Morgan fingerprint density at radius 3 is 2.61 bits per heavy atom. The number of halogens is 3. The van der Waals surface area contributed by atoms with Crippen LogP contribution in [0, 0.1) is 11.6 Å². The molecular weight excluding hydrogens is 344 g/mol. The highest BCUT2D eigenvalue weighted by atomic mass is 35.5. The summed E-state index contributed by atoms with van der Waals surface area (Å²) in [7, 11) is 0. The standard InChI is InChI=1S/C15H14ClF2N3OS/c16-10-7-12(18)11(17)6-9(10)13(22)19-15-21-20-14(23-15)8-4-2-1-3-5-8/h6-8H,1-5H2,(H,19,21,22). The second-order valence-corrected chi connectivity index (χ2v) is 6.90. The van der Waals surface area contributed by atoms with Gasteiger partial charge in [0.25, 0.3) is 5.91 Å². The van der Waals surface area contributed by atoms with Gasteiger partial charge in [0.05, 0.1) is 10.6 Å². The predicted molar refractivity (Wildman–Crippen MR) is 85.1 cm³/mol. The summed E-state index contributed by atoms with van der Waals surface area (Å²) in [4.78, 5) is 12.1. The summed E-state index contributed by atoms with van der Waals surface area (Å²) in [6.45, 7) is 0. The summed E-state index contributed by atoms with van der Waals surface area (Å²) in [5.41, 5.74) is -0.139. The maximum absolute atomic E-state index is 13.3. The first kappa shape index (κ1) is 16.3. The van der Waals surface area contributed by atoms with Crippen molar-refractivity contribution in [3.05, 3.63) is 39.4 Å². The molecule has 23 heavy (non-hydrogen) atoms. The van der Waals surface area contributed by atoms with E-state index >= 15 is 0 Å². The van der Waals surface area contributed by atoms with Crippen LogP contribution in [0.25, 0.3) is 0 Å². The Kier molecular flexibility index (Phi) is 4.87. The topological polar surface area (TPSA) is 54.9 Å². The Labute approximate surface area is 140 Å². The van der Waals surface area contributed by atoms with Crippen LogP contribution in [0.1, 0.15) is 53.4 Å². The molecular formula is C15H14ClF2N3OS. The number of aromatic nitrogens is 2. The molecule has 1 aromatic heterocycles. The van der Waals surface area contributed by atoms with Crippen molar-refractivity contribution in [3.63, 3.8) is 0 Å². The summed E-state index contributed by atoms with van der Waals surface area (Å²) in [5, 5.41) is 11.7. The van der Waals surface area contributed by atoms with Gasteiger partial charge >= 0.3 is 0 Å². The molecule has 0 unspecified atom stereocenters. The number of carbonyl (C=O) groups is 1. The normalized spacial score (nSPS) is 15.6. The average molecular weight is 358 g/mol. The third kappa shape index (κ3) is 3.67. The molecule has 1 N–H and O–H groups in total. The lowest BCUT2D eigenvalue weighted by atomic mass is 9.90. The first-order valence-electron chi connectivity index (χ1n) is 7.34. The maximum atomic E-state index is 13.3. The van der Waals surface area contributed by atoms with Crippen LogP contribution in [0.2, 0.25) is 5.02 Å². The van der Waals surface area contributed by atoms with Crippen molar-refractivity contribution < 1.29 is 13.6 Å². The lowest BCUT2D eigenvalue weighted by molar-refractivity contribution is 0.102. The number of nitrogens with zero attached hydrogens (tertiary/aromatic N) is 2. The van der Waals surface area contributed by atoms with Crippen LogP contribution < -0.4 is 5.32 Å². The zero-order valence-electron chi connectivity index (χ0n) is 12.1. The minimum absolute atomic E-state index is 0.139. The van der Waals surface area contributed by atoms with Crippen molar-refractivity contribution in [2.45, 2.75) is 38.0 Å². The van der Waals surface area contributed by atoms with Crippen molar-refractivity contribution in [2.75, 3.05) is 5.32 Å². The predicted octanol–water partition coefficient (Wildman–Crippen LogP) is 4.77.